The van der Waals surface area contributed by atoms with Crippen LogP contribution in [0.4, 0.5) is 4.39 Å². The molecule has 17 heteroatoms. The van der Waals surface area contributed by atoms with Gasteiger partial charge in [0.15, 0.2) is 6.61 Å². The van der Waals surface area contributed by atoms with Gasteiger partial charge >= 0.3 is 5.97 Å². The minimum absolute atomic E-state index is 0.0356. The van der Waals surface area contributed by atoms with Gasteiger partial charge in [-0.2, -0.15) is 5.10 Å². The van der Waals surface area contributed by atoms with Crippen molar-refractivity contribution >= 4 is 62.9 Å². The maximum Gasteiger partial charge on any atom is 0.352 e. The molecular formula is C52H53ClFN7O8. The van der Waals surface area contributed by atoms with E-state index >= 15 is 0 Å². The molecule has 0 radical (unpaired) electrons. The Morgan fingerprint density at radius 2 is 1.70 bits per heavy atom. The van der Waals surface area contributed by atoms with Crippen molar-refractivity contribution in [2.45, 2.75) is 71.5 Å². The topological polar surface area (TPSA) is 169 Å². The zero-order chi connectivity index (χ0) is 48.3. The van der Waals surface area contributed by atoms with Crippen molar-refractivity contribution in [1.82, 2.24) is 34.4 Å². The number of halogens is 2. The number of amides is 4. The lowest BCUT2D eigenvalue weighted by atomic mass is 9.72. The van der Waals surface area contributed by atoms with Gasteiger partial charge in [0.1, 0.15) is 29.1 Å². The number of rotatable bonds is 14. The molecule has 1 unspecified atom stereocenters. The van der Waals surface area contributed by atoms with E-state index in [4.69, 9.17) is 21.1 Å². The Kier molecular flexibility index (Phi) is 12.2. The fraction of sp³-hybridized carbons (Fsp3) is 0.385. The number of fused-ring (bicyclic) bond motifs is 3. The second-order valence-corrected chi connectivity index (χ2v) is 19.3. The molecule has 4 amide bonds. The number of hydrogen-bond donors (Lipinski definition) is 2. The van der Waals surface area contributed by atoms with Crippen molar-refractivity contribution < 1.29 is 42.9 Å². The van der Waals surface area contributed by atoms with Crippen LogP contribution in [0.1, 0.15) is 75.5 Å². The summed E-state index contributed by atoms with van der Waals surface area (Å²) in [6, 6.07) is 18.2. The van der Waals surface area contributed by atoms with Gasteiger partial charge in [-0.1, -0.05) is 35.9 Å². The Morgan fingerprint density at radius 3 is 2.43 bits per heavy atom. The first kappa shape index (κ1) is 46.0. The van der Waals surface area contributed by atoms with Crippen LogP contribution in [0.15, 0.2) is 66.7 Å². The number of aryl methyl sites for hydroxylation is 3. The molecule has 69 heavy (non-hydrogen) atoms. The smallest absolute Gasteiger partial charge is 0.352 e. The fourth-order valence-electron chi connectivity index (χ4n) is 11.1. The number of aromatic nitrogens is 3. The molecule has 358 valence electrons. The van der Waals surface area contributed by atoms with Crippen molar-refractivity contribution in [2.75, 3.05) is 45.9 Å². The normalized spacial score (nSPS) is 18.0. The van der Waals surface area contributed by atoms with Crippen LogP contribution < -0.4 is 14.8 Å². The number of nitrogens with one attached hydrogen (secondary N) is 1. The summed E-state index contributed by atoms with van der Waals surface area (Å²) in [5.41, 5.74) is 6.10. The molecule has 4 aromatic carbocycles. The van der Waals surface area contributed by atoms with Gasteiger partial charge in [0.2, 0.25) is 11.8 Å². The summed E-state index contributed by atoms with van der Waals surface area (Å²) < 4.78 is 30.0. The molecule has 2 aromatic heterocycles. The molecular weight excluding hydrogens is 905 g/mol. The molecule has 6 heterocycles. The second-order valence-electron chi connectivity index (χ2n) is 18.9. The van der Waals surface area contributed by atoms with Crippen LogP contribution in [0.2, 0.25) is 5.02 Å². The van der Waals surface area contributed by atoms with Gasteiger partial charge in [-0.15, -0.1) is 0 Å². The number of carboxylic acid groups (broad SMARTS) is 1. The van der Waals surface area contributed by atoms with Crippen LogP contribution in [0.5, 0.6) is 11.5 Å². The number of carbonyl (C=O) groups is 5. The SMILES string of the molecule is Cc1nn(C)c(C)c1-c1c(Cl)ccc2c(CCCOc3cccc4cc(F)ccc34)c(C(=O)O)n(CCN3CC4(CCN(C(=O)COc5cccc6c5CN(C5CCC(=O)NC5=O)C6=O)CC4)C3)c12. The van der Waals surface area contributed by atoms with E-state index in [0.717, 1.165) is 70.1 Å². The molecule has 6 aromatic rings. The highest BCUT2D eigenvalue weighted by Gasteiger charge is 2.46. The van der Waals surface area contributed by atoms with Gasteiger partial charge in [-0.05, 0) is 105 Å². The Bertz CT molecular complexity index is 3090. The van der Waals surface area contributed by atoms with Crippen LogP contribution in [0.3, 0.4) is 0 Å². The van der Waals surface area contributed by atoms with E-state index in [9.17, 15) is 33.5 Å². The molecule has 0 bridgehead atoms. The number of likely N-dealkylation sites (tertiary alicyclic amines) is 2. The highest BCUT2D eigenvalue weighted by Crippen LogP contribution is 2.44. The molecule has 1 spiro atoms. The summed E-state index contributed by atoms with van der Waals surface area (Å²) in [4.78, 5) is 70.1. The number of carboxylic acids is 1. The lowest BCUT2D eigenvalue weighted by Crippen LogP contribution is -2.61. The van der Waals surface area contributed by atoms with Gasteiger partial charge in [-0.25, -0.2) is 9.18 Å². The monoisotopic (exact) mass is 957 g/mol. The lowest BCUT2D eigenvalue weighted by molar-refractivity contribution is -0.138. The summed E-state index contributed by atoms with van der Waals surface area (Å²) in [5, 5.41) is 20.8. The molecule has 4 aliphatic rings. The minimum atomic E-state index is -1.03. The van der Waals surface area contributed by atoms with Gasteiger partial charge < -0.3 is 33.8 Å². The summed E-state index contributed by atoms with van der Waals surface area (Å²) in [5.74, 6) is -1.58. The third-order valence-electron chi connectivity index (χ3n) is 14.7. The minimum Gasteiger partial charge on any atom is -0.493 e. The number of ether oxygens (including phenoxy) is 2. The average molecular weight is 958 g/mol. The number of piperidine rings is 2. The first-order valence-corrected chi connectivity index (χ1v) is 23.9. The Balaban J connectivity index is 0.804. The maximum absolute atomic E-state index is 14.0. The van der Waals surface area contributed by atoms with E-state index in [0.29, 0.717) is 78.8 Å². The molecule has 0 aliphatic carbocycles. The van der Waals surface area contributed by atoms with Gasteiger partial charge in [0.05, 0.1) is 29.4 Å². The molecule has 3 fully saturated rings. The zero-order valence-corrected chi connectivity index (χ0v) is 39.5. The van der Waals surface area contributed by atoms with Crippen molar-refractivity contribution in [1.29, 1.82) is 0 Å². The van der Waals surface area contributed by atoms with Crippen molar-refractivity contribution in [3.8, 4) is 22.6 Å². The van der Waals surface area contributed by atoms with Crippen molar-refractivity contribution in [2.24, 2.45) is 12.5 Å². The quantitative estimate of drug-likeness (QED) is 0.0851. The first-order chi connectivity index (χ1) is 33.2. The second kappa shape index (κ2) is 18.3. The van der Waals surface area contributed by atoms with E-state index in [1.54, 1.807) is 24.3 Å². The third kappa shape index (κ3) is 8.47. The highest BCUT2D eigenvalue weighted by atomic mass is 35.5. The number of nitrogens with zero attached hydrogens (tertiary/aromatic N) is 6. The molecule has 10 rings (SSSR count). The summed E-state index contributed by atoms with van der Waals surface area (Å²) in [6.45, 7) is 8.01. The summed E-state index contributed by atoms with van der Waals surface area (Å²) in [7, 11) is 1.88. The molecule has 15 nitrogen and oxygen atoms in total. The predicted molar refractivity (Wildman–Crippen MR) is 256 cm³/mol. The van der Waals surface area contributed by atoms with Crippen LogP contribution in [-0.2, 0) is 40.9 Å². The first-order valence-electron chi connectivity index (χ1n) is 23.5. The van der Waals surface area contributed by atoms with Crippen LogP contribution in [-0.4, -0.2) is 116 Å². The van der Waals surface area contributed by atoms with Crippen molar-refractivity contribution in [3.63, 3.8) is 0 Å². The average Bonchev–Trinajstić information content (AvgIpc) is 3.91. The lowest BCUT2D eigenvalue weighted by Gasteiger charge is -2.54. The molecule has 0 saturated carbocycles. The maximum atomic E-state index is 14.0. The largest absolute Gasteiger partial charge is 0.493 e. The number of hydrogen-bond acceptors (Lipinski definition) is 9. The molecule has 1 atom stereocenters. The number of aromatic carboxylic acids is 1. The molecule has 2 N–H and O–H groups in total. The Labute approximate surface area is 402 Å². The van der Waals surface area contributed by atoms with E-state index in [1.165, 1.54) is 17.0 Å². The van der Waals surface area contributed by atoms with E-state index in [2.05, 4.69) is 15.3 Å². The summed E-state index contributed by atoms with van der Waals surface area (Å²) >= 11 is 7.09. The zero-order valence-electron chi connectivity index (χ0n) is 38.8. The van der Waals surface area contributed by atoms with Crippen LogP contribution >= 0.6 is 11.6 Å². The van der Waals surface area contributed by atoms with E-state index < -0.39 is 17.9 Å². The predicted octanol–water partition coefficient (Wildman–Crippen LogP) is 7.08. The number of benzene rings is 4. The highest BCUT2D eigenvalue weighted by molar-refractivity contribution is 6.35. The van der Waals surface area contributed by atoms with Gasteiger partial charge in [-0.3, -0.25) is 29.2 Å². The van der Waals surface area contributed by atoms with Crippen molar-refractivity contribution in [3.05, 3.63) is 111 Å². The van der Waals surface area contributed by atoms with Crippen LogP contribution in [0.25, 0.3) is 32.8 Å². The summed E-state index contributed by atoms with van der Waals surface area (Å²) in [6.07, 6.45) is 3.01. The number of imide groups is 1. The van der Waals surface area contributed by atoms with Crippen LogP contribution in [0, 0.1) is 25.1 Å². The molecule has 4 aliphatic heterocycles. The fourth-order valence-corrected chi connectivity index (χ4v) is 11.4. The molecule has 3 saturated heterocycles. The third-order valence-corrected chi connectivity index (χ3v) is 15.0. The Morgan fingerprint density at radius 1 is 0.942 bits per heavy atom. The Hall–Kier alpha value is -6.78. The number of carbonyl (C=O) groups excluding carboxylic acids is 4. The standard InChI is InChI=1S/C52H53ClFN7O8/c1-30-45(31(2)57(3)56-30)46-39(53)15-14-36-35(9-6-24-68-41-10-4-7-32-25-33(54)12-13-34(32)41)48(51(66)67)60(47(36)46)23-22-58-28-52(29-58)18-20-59(21-19-52)44(63)27-69-42-11-5-8-37-38(42)26-61(50(37)65)40-16-17-43(62)55-49(40)64/h4-5,7-8,10-15,25,40H,6,9,16-24,26-29H2,1-3H3,(H,66,67)(H,55,62,64). The van der Waals surface area contributed by atoms with E-state index in [1.807, 2.05) is 65.4 Å². The van der Waals surface area contributed by atoms with Gasteiger partial charge in [0.25, 0.3) is 11.8 Å². The van der Waals surface area contributed by atoms with Gasteiger partial charge in [0, 0.05) is 91.5 Å². The van der Waals surface area contributed by atoms with E-state index in [-0.39, 0.29) is 60.6 Å².